The first kappa shape index (κ1) is 8.27. The third kappa shape index (κ3) is 1.21. The molecule has 2 heterocycles. The molecule has 0 amide bonds. The fourth-order valence-electron chi connectivity index (χ4n) is 2.95. The zero-order valence-electron chi connectivity index (χ0n) is 8.37. The lowest BCUT2D eigenvalue weighted by Gasteiger charge is -2.37. The van der Waals surface area contributed by atoms with E-state index in [-0.39, 0.29) is 0 Å². The Labute approximate surface area is 84.7 Å². The SMILES string of the molecule is c1cnc2c(c1)[C@@H]1CCCC[C@H]1CN2. The van der Waals surface area contributed by atoms with Gasteiger partial charge in [0.15, 0.2) is 0 Å². The largest absolute Gasteiger partial charge is 0.370 e. The van der Waals surface area contributed by atoms with Crippen LogP contribution < -0.4 is 5.32 Å². The molecule has 2 heteroatoms. The van der Waals surface area contributed by atoms with E-state index in [2.05, 4.69) is 22.4 Å². The van der Waals surface area contributed by atoms with E-state index in [1.165, 1.54) is 31.2 Å². The summed E-state index contributed by atoms with van der Waals surface area (Å²) in [6.45, 7) is 1.13. The second-order valence-electron chi connectivity index (χ2n) is 4.47. The normalized spacial score (nSPS) is 30.0. The molecule has 1 N–H and O–H groups in total. The predicted molar refractivity (Wildman–Crippen MR) is 57.4 cm³/mol. The van der Waals surface area contributed by atoms with Crippen molar-refractivity contribution in [2.24, 2.45) is 5.92 Å². The van der Waals surface area contributed by atoms with E-state index in [0.717, 1.165) is 24.2 Å². The van der Waals surface area contributed by atoms with Crippen LogP contribution in [0.4, 0.5) is 5.82 Å². The molecule has 1 aliphatic heterocycles. The molecule has 74 valence electrons. The van der Waals surface area contributed by atoms with Crippen LogP contribution in [0.25, 0.3) is 0 Å². The molecule has 2 aliphatic rings. The highest BCUT2D eigenvalue weighted by atomic mass is 15.0. The molecule has 0 unspecified atom stereocenters. The molecule has 1 aromatic heterocycles. The Bertz CT molecular complexity index is 335. The summed E-state index contributed by atoms with van der Waals surface area (Å²) < 4.78 is 0. The lowest BCUT2D eigenvalue weighted by atomic mass is 9.74. The van der Waals surface area contributed by atoms with Gasteiger partial charge in [-0.3, -0.25) is 0 Å². The Morgan fingerprint density at radius 2 is 2.21 bits per heavy atom. The fourth-order valence-corrected chi connectivity index (χ4v) is 2.95. The molecule has 2 nitrogen and oxygen atoms in total. The summed E-state index contributed by atoms with van der Waals surface area (Å²) >= 11 is 0. The summed E-state index contributed by atoms with van der Waals surface area (Å²) in [5.74, 6) is 2.78. The number of aromatic nitrogens is 1. The number of rotatable bonds is 0. The van der Waals surface area contributed by atoms with Gasteiger partial charge in [-0.1, -0.05) is 18.9 Å². The Hall–Kier alpha value is -1.05. The van der Waals surface area contributed by atoms with Gasteiger partial charge in [-0.25, -0.2) is 4.98 Å². The van der Waals surface area contributed by atoms with E-state index in [1.54, 1.807) is 0 Å². The second kappa shape index (κ2) is 3.26. The number of anilines is 1. The standard InChI is InChI=1S/C12H16N2/c1-2-5-10-9(4-1)8-14-12-11(10)6-3-7-13-12/h3,6-7,9-10H,1-2,4-5,8H2,(H,13,14)/t9-,10+/m0/s1. The Morgan fingerprint density at radius 1 is 1.29 bits per heavy atom. The summed E-state index contributed by atoms with van der Waals surface area (Å²) in [7, 11) is 0. The highest BCUT2D eigenvalue weighted by molar-refractivity contribution is 5.49. The minimum atomic E-state index is 0.786. The van der Waals surface area contributed by atoms with Crippen molar-refractivity contribution in [3.8, 4) is 0 Å². The molecule has 0 bridgehead atoms. The van der Waals surface area contributed by atoms with Crippen LogP contribution in [-0.2, 0) is 0 Å². The van der Waals surface area contributed by atoms with Crippen LogP contribution in [0, 0.1) is 5.92 Å². The van der Waals surface area contributed by atoms with Gasteiger partial charge < -0.3 is 5.32 Å². The number of hydrogen-bond acceptors (Lipinski definition) is 2. The third-order valence-corrected chi connectivity index (χ3v) is 3.68. The van der Waals surface area contributed by atoms with Crippen molar-refractivity contribution < 1.29 is 0 Å². The van der Waals surface area contributed by atoms with Crippen molar-refractivity contribution in [2.45, 2.75) is 31.6 Å². The molecule has 0 aromatic carbocycles. The van der Waals surface area contributed by atoms with Crippen LogP contribution in [0.3, 0.4) is 0 Å². The smallest absolute Gasteiger partial charge is 0.129 e. The molecule has 1 aromatic rings. The highest BCUT2D eigenvalue weighted by Crippen LogP contribution is 2.42. The summed E-state index contributed by atoms with van der Waals surface area (Å²) in [5.41, 5.74) is 1.46. The molecule has 1 aliphatic carbocycles. The molecule has 0 saturated heterocycles. The van der Waals surface area contributed by atoms with Gasteiger partial charge in [0.2, 0.25) is 0 Å². The molecule has 1 fully saturated rings. The number of fused-ring (bicyclic) bond motifs is 3. The topological polar surface area (TPSA) is 24.9 Å². The van der Waals surface area contributed by atoms with Gasteiger partial charge in [-0.15, -0.1) is 0 Å². The van der Waals surface area contributed by atoms with Crippen LogP contribution in [0.1, 0.15) is 37.2 Å². The zero-order valence-corrected chi connectivity index (χ0v) is 8.37. The van der Waals surface area contributed by atoms with Crippen molar-refractivity contribution in [1.29, 1.82) is 0 Å². The molecule has 0 spiro atoms. The van der Waals surface area contributed by atoms with Crippen LogP contribution in [0.15, 0.2) is 18.3 Å². The molecule has 2 atom stereocenters. The molecule has 3 rings (SSSR count). The summed E-state index contributed by atoms with van der Waals surface area (Å²) in [6, 6.07) is 4.31. The maximum absolute atomic E-state index is 4.40. The van der Waals surface area contributed by atoms with Crippen molar-refractivity contribution in [3.05, 3.63) is 23.9 Å². The van der Waals surface area contributed by atoms with E-state index in [9.17, 15) is 0 Å². The van der Waals surface area contributed by atoms with Crippen molar-refractivity contribution in [3.63, 3.8) is 0 Å². The Kier molecular flexibility index (Phi) is 1.93. The average Bonchev–Trinajstić information content (AvgIpc) is 2.29. The van der Waals surface area contributed by atoms with Crippen LogP contribution in [0.2, 0.25) is 0 Å². The monoisotopic (exact) mass is 188 g/mol. The van der Waals surface area contributed by atoms with Crippen LogP contribution >= 0.6 is 0 Å². The van der Waals surface area contributed by atoms with Crippen LogP contribution in [0.5, 0.6) is 0 Å². The maximum atomic E-state index is 4.40. The van der Waals surface area contributed by atoms with Gasteiger partial charge >= 0.3 is 0 Å². The van der Waals surface area contributed by atoms with Gasteiger partial charge in [0.1, 0.15) is 5.82 Å². The summed E-state index contributed by atoms with van der Waals surface area (Å²) in [5, 5.41) is 3.45. The zero-order chi connectivity index (χ0) is 9.38. The van der Waals surface area contributed by atoms with E-state index in [0.29, 0.717) is 0 Å². The van der Waals surface area contributed by atoms with Crippen LogP contribution in [-0.4, -0.2) is 11.5 Å². The first-order valence-corrected chi connectivity index (χ1v) is 5.64. The maximum Gasteiger partial charge on any atom is 0.129 e. The number of nitrogens with one attached hydrogen (secondary N) is 1. The lowest BCUT2D eigenvalue weighted by molar-refractivity contribution is 0.312. The van der Waals surface area contributed by atoms with Gasteiger partial charge in [0, 0.05) is 12.7 Å². The van der Waals surface area contributed by atoms with E-state index in [4.69, 9.17) is 0 Å². The summed E-state index contributed by atoms with van der Waals surface area (Å²) in [6.07, 6.45) is 7.46. The van der Waals surface area contributed by atoms with E-state index in [1.807, 2.05) is 6.20 Å². The van der Waals surface area contributed by atoms with Gasteiger partial charge in [-0.2, -0.15) is 0 Å². The number of hydrogen-bond donors (Lipinski definition) is 1. The third-order valence-electron chi connectivity index (χ3n) is 3.68. The Morgan fingerprint density at radius 3 is 3.21 bits per heavy atom. The predicted octanol–water partition coefficient (Wildman–Crippen LogP) is 2.78. The second-order valence-corrected chi connectivity index (χ2v) is 4.47. The van der Waals surface area contributed by atoms with Gasteiger partial charge in [0.25, 0.3) is 0 Å². The fraction of sp³-hybridized carbons (Fsp3) is 0.583. The quantitative estimate of drug-likeness (QED) is 0.677. The first-order chi connectivity index (χ1) is 6.95. The first-order valence-electron chi connectivity index (χ1n) is 5.64. The molecule has 14 heavy (non-hydrogen) atoms. The van der Waals surface area contributed by atoms with Crippen molar-refractivity contribution >= 4 is 5.82 Å². The molecule has 1 saturated carbocycles. The molecular formula is C12H16N2. The minimum absolute atomic E-state index is 0.786. The number of pyridine rings is 1. The summed E-state index contributed by atoms with van der Waals surface area (Å²) in [4.78, 5) is 4.40. The Balaban J connectivity index is 1.99. The lowest BCUT2D eigenvalue weighted by Crippen LogP contribution is -2.30. The minimum Gasteiger partial charge on any atom is -0.370 e. The van der Waals surface area contributed by atoms with E-state index >= 15 is 0 Å². The number of nitrogens with zero attached hydrogens (tertiary/aromatic N) is 1. The van der Waals surface area contributed by atoms with Crippen molar-refractivity contribution in [1.82, 2.24) is 4.98 Å². The highest BCUT2D eigenvalue weighted by Gasteiger charge is 2.31. The molecular weight excluding hydrogens is 172 g/mol. The van der Waals surface area contributed by atoms with E-state index < -0.39 is 0 Å². The van der Waals surface area contributed by atoms with Crippen molar-refractivity contribution in [2.75, 3.05) is 11.9 Å². The molecule has 0 radical (unpaired) electrons. The van der Waals surface area contributed by atoms with Gasteiger partial charge in [-0.05, 0) is 36.3 Å². The average molecular weight is 188 g/mol. The van der Waals surface area contributed by atoms with Gasteiger partial charge in [0.05, 0.1) is 0 Å².